The fourth-order valence-electron chi connectivity index (χ4n) is 4.17. The molecule has 4 heterocycles. The summed E-state index contributed by atoms with van der Waals surface area (Å²) in [7, 11) is 0. The van der Waals surface area contributed by atoms with Gasteiger partial charge in [0.25, 0.3) is 0 Å². The molecule has 1 aromatic carbocycles. The molecule has 0 aliphatic carbocycles. The molecule has 1 unspecified atom stereocenters. The molecule has 0 radical (unpaired) electrons. The van der Waals surface area contributed by atoms with Crippen molar-refractivity contribution in [2.75, 3.05) is 12.3 Å². The molecular weight excluding hydrogens is 388 g/mol. The lowest BCUT2D eigenvalue weighted by molar-refractivity contribution is -0.174. The highest BCUT2D eigenvalue weighted by Crippen LogP contribution is 2.49. The Morgan fingerprint density at radius 1 is 1.37 bits per heavy atom. The van der Waals surface area contributed by atoms with Crippen LogP contribution in [0, 0.1) is 0 Å². The molecule has 0 saturated carbocycles. The summed E-state index contributed by atoms with van der Waals surface area (Å²) in [4.78, 5) is 15.3. The van der Waals surface area contributed by atoms with Gasteiger partial charge >= 0.3 is 0 Å². The fourth-order valence-corrected chi connectivity index (χ4v) is 4.17. The van der Waals surface area contributed by atoms with Crippen LogP contribution in [0.4, 0.5) is 11.8 Å². The van der Waals surface area contributed by atoms with Crippen LogP contribution in [0.2, 0.25) is 0 Å². The summed E-state index contributed by atoms with van der Waals surface area (Å²) in [5.41, 5.74) is 15.9. The van der Waals surface area contributed by atoms with E-state index in [2.05, 4.69) is 31.9 Å². The van der Waals surface area contributed by atoms with Crippen LogP contribution in [0.25, 0.3) is 21.6 Å². The van der Waals surface area contributed by atoms with Gasteiger partial charge in [0, 0.05) is 4.91 Å². The van der Waals surface area contributed by atoms with Crippen LogP contribution in [0.1, 0.15) is 25.1 Å². The number of nitrogen functional groups attached to an aromatic ring is 1. The van der Waals surface area contributed by atoms with Crippen molar-refractivity contribution in [1.29, 1.82) is 0 Å². The van der Waals surface area contributed by atoms with Crippen LogP contribution in [0.3, 0.4) is 0 Å². The smallest absolute Gasteiger partial charge is 0.222 e. The van der Waals surface area contributed by atoms with Gasteiger partial charge in [0.2, 0.25) is 5.95 Å². The van der Waals surface area contributed by atoms with Crippen molar-refractivity contribution in [3.63, 3.8) is 0 Å². The molecular formula is C19H20N8O3. The summed E-state index contributed by atoms with van der Waals surface area (Å²) in [5.74, 6) is 0.0581. The van der Waals surface area contributed by atoms with Gasteiger partial charge in [-0.2, -0.15) is 4.98 Å². The normalized spacial score (nSPS) is 27.4. The van der Waals surface area contributed by atoms with Gasteiger partial charge in [0.05, 0.1) is 19.5 Å². The number of rotatable bonds is 6. The third kappa shape index (κ3) is 2.87. The van der Waals surface area contributed by atoms with Crippen LogP contribution in [0.5, 0.6) is 0 Å². The number of imidazole rings is 1. The second-order valence-electron chi connectivity index (χ2n) is 7.34. The Balaban J connectivity index is 1.48. The lowest BCUT2D eigenvalue weighted by Crippen LogP contribution is -2.41. The maximum atomic E-state index is 8.79. The molecule has 3 aromatic rings. The van der Waals surface area contributed by atoms with Crippen molar-refractivity contribution in [2.45, 2.75) is 44.0 Å². The predicted octanol–water partition coefficient (Wildman–Crippen LogP) is 3.01. The van der Waals surface area contributed by atoms with Crippen molar-refractivity contribution in [3.8, 4) is 0 Å². The number of hydrogen-bond donors (Lipinski definition) is 1. The SMILES string of the molecule is CC[C@]12CO[C@@H](C1OCc1ccccc1)[C@H](n1cnc3c(N=[N+]=[N-])nc(N)nc31)O2. The fraction of sp³-hybridized carbons (Fsp3) is 0.421. The Hall–Kier alpha value is -3.24. The molecule has 4 atom stereocenters. The van der Waals surface area contributed by atoms with Crippen LogP contribution in [-0.2, 0) is 20.8 Å². The molecule has 154 valence electrons. The number of nitrogens with two attached hydrogens (primary N) is 1. The largest absolute Gasteiger partial charge is 0.368 e. The molecule has 11 nitrogen and oxygen atoms in total. The van der Waals surface area contributed by atoms with Crippen molar-refractivity contribution in [1.82, 2.24) is 19.5 Å². The van der Waals surface area contributed by atoms with E-state index in [4.69, 9.17) is 25.5 Å². The number of anilines is 1. The summed E-state index contributed by atoms with van der Waals surface area (Å²) in [6.45, 7) is 2.97. The average Bonchev–Trinajstić information content (AvgIpc) is 3.43. The summed E-state index contributed by atoms with van der Waals surface area (Å²) in [5, 5.41) is 3.57. The molecule has 2 bridgehead atoms. The number of azide groups is 1. The van der Waals surface area contributed by atoms with Gasteiger partial charge in [-0.25, -0.2) is 9.97 Å². The van der Waals surface area contributed by atoms with Crippen molar-refractivity contribution >= 4 is 22.9 Å². The zero-order valence-electron chi connectivity index (χ0n) is 16.3. The molecule has 2 aliphatic rings. The van der Waals surface area contributed by atoms with Crippen LogP contribution in [-0.4, -0.2) is 43.9 Å². The highest BCUT2D eigenvalue weighted by molar-refractivity contribution is 5.82. The van der Waals surface area contributed by atoms with Crippen LogP contribution >= 0.6 is 0 Å². The molecule has 2 fully saturated rings. The van der Waals surface area contributed by atoms with Gasteiger partial charge < -0.3 is 19.9 Å². The Labute approximate surface area is 171 Å². The molecule has 2 saturated heterocycles. The van der Waals surface area contributed by atoms with E-state index in [9.17, 15) is 0 Å². The molecule has 11 heteroatoms. The van der Waals surface area contributed by atoms with Crippen molar-refractivity contribution in [3.05, 3.63) is 52.7 Å². The maximum Gasteiger partial charge on any atom is 0.222 e. The molecule has 0 amide bonds. The molecule has 30 heavy (non-hydrogen) atoms. The third-order valence-electron chi connectivity index (χ3n) is 5.68. The minimum Gasteiger partial charge on any atom is -0.368 e. The topological polar surface area (TPSA) is 146 Å². The first-order chi connectivity index (χ1) is 14.6. The van der Waals surface area contributed by atoms with Gasteiger partial charge in [-0.05, 0) is 22.6 Å². The van der Waals surface area contributed by atoms with E-state index in [-0.39, 0.29) is 24.0 Å². The van der Waals surface area contributed by atoms with E-state index in [1.54, 1.807) is 10.9 Å². The zero-order valence-corrected chi connectivity index (χ0v) is 16.3. The molecule has 5 rings (SSSR count). The second-order valence-corrected chi connectivity index (χ2v) is 7.34. The number of fused-ring (bicyclic) bond motifs is 3. The first kappa shape index (κ1) is 18.8. The number of aromatic nitrogens is 4. The van der Waals surface area contributed by atoms with Crippen LogP contribution in [0.15, 0.2) is 41.8 Å². The third-order valence-corrected chi connectivity index (χ3v) is 5.68. The lowest BCUT2D eigenvalue weighted by atomic mass is 9.96. The predicted molar refractivity (Wildman–Crippen MR) is 106 cm³/mol. The van der Waals surface area contributed by atoms with Gasteiger partial charge in [-0.15, -0.1) is 0 Å². The quantitative estimate of drug-likeness (QED) is 0.374. The summed E-state index contributed by atoms with van der Waals surface area (Å²) in [6, 6.07) is 9.98. The van der Waals surface area contributed by atoms with E-state index in [1.807, 2.05) is 30.3 Å². The first-order valence-electron chi connectivity index (χ1n) is 9.65. The average molecular weight is 408 g/mol. The van der Waals surface area contributed by atoms with Crippen molar-refractivity contribution < 1.29 is 14.2 Å². The number of hydrogen-bond acceptors (Lipinski definition) is 8. The second kappa shape index (κ2) is 7.22. The minimum absolute atomic E-state index is 0.0159. The van der Waals surface area contributed by atoms with Crippen LogP contribution < -0.4 is 5.73 Å². The molecule has 0 spiro atoms. The van der Waals surface area contributed by atoms with E-state index < -0.39 is 11.8 Å². The Bertz CT molecular complexity index is 1130. The van der Waals surface area contributed by atoms with E-state index in [0.717, 1.165) is 12.0 Å². The zero-order chi connectivity index (χ0) is 20.7. The van der Waals surface area contributed by atoms with Gasteiger partial charge in [0.15, 0.2) is 17.7 Å². The number of nitrogens with zero attached hydrogens (tertiary/aromatic N) is 7. The standard InChI is InChI=1S/C19H20N8O3/c1-2-19-9-29-13(14(19)28-8-11-6-4-3-5-7-11)17(30-19)27-10-22-12-15(25-26-21)23-18(20)24-16(12)27/h3-7,10,13-14,17H,2,8-9H2,1H3,(H2,20,23,24)/t13-,14?,17+,19-/m0/s1. The van der Waals surface area contributed by atoms with Gasteiger partial charge in [-0.3, -0.25) is 4.57 Å². The first-order valence-corrected chi connectivity index (χ1v) is 9.65. The van der Waals surface area contributed by atoms with Gasteiger partial charge in [0.1, 0.15) is 23.3 Å². The highest BCUT2D eigenvalue weighted by Gasteiger charge is 2.62. The summed E-state index contributed by atoms with van der Waals surface area (Å²) < 4.78 is 20.6. The number of ether oxygens (including phenoxy) is 3. The Kier molecular flexibility index (Phi) is 4.52. The van der Waals surface area contributed by atoms with E-state index in [0.29, 0.717) is 24.4 Å². The van der Waals surface area contributed by atoms with E-state index >= 15 is 0 Å². The lowest BCUT2D eigenvalue weighted by Gasteiger charge is -2.30. The summed E-state index contributed by atoms with van der Waals surface area (Å²) >= 11 is 0. The molecule has 2 aromatic heterocycles. The molecule has 2 N–H and O–H groups in total. The Morgan fingerprint density at radius 3 is 2.97 bits per heavy atom. The van der Waals surface area contributed by atoms with Gasteiger partial charge in [-0.1, -0.05) is 37.3 Å². The number of benzene rings is 1. The monoisotopic (exact) mass is 408 g/mol. The van der Waals surface area contributed by atoms with Crippen molar-refractivity contribution in [2.24, 2.45) is 5.11 Å². The highest BCUT2D eigenvalue weighted by atomic mass is 16.7. The minimum atomic E-state index is -0.563. The molecule has 2 aliphatic heterocycles. The summed E-state index contributed by atoms with van der Waals surface area (Å²) in [6.07, 6.45) is 1.21. The van der Waals surface area contributed by atoms with E-state index in [1.165, 1.54) is 0 Å². The maximum absolute atomic E-state index is 8.79. The Morgan fingerprint density at radius 2 is 2.20 bits per heavy atom.